The molecule has 2 rings (SSSR count). The lowest BCUT2D eigenvalue weighted by Crippen LogP contribution is -1.97. The van der Waals surface area contributed by atoms with Gasteiger partial charge in [0.1, 0.15) is 11.6 Å². The molecule has 0 saturated carbocycles. The molecule has 0 fully saturated rings. The van der Waals surface area contributed by atoms with Crippen LogP contribution in [0.25, 0.3) is 10.9 Å². The molecule has 0 aliphatic heterocycles. The number of rotatable bonds is 2. The van der Waals surface area contributed by atoms with Gasteiger partial charge < -0.3 is 10.5 Å². The third-order valence-electron chi connectivity index (χ3n) is 2.58. The molecule has 16 heavy (non-hydrogen) atoms. The average Bonchev–Trinajstić information content (AvgIpc) is 2.28. The first kappa shape index (κ1) is 11.0. The largest absolute Gasteiger partial charge is 0.495 e. The fraction of sp³-hybridized carbons (Fsp3) is 0.250. The molecular formula is C12H13ClN2O. The van der Waals surface area contributed by atoms with E-state index >= 15 is 0 Å². The van der Waals surface area contributed by atoms with Gasteiger partial charge in [-0.1, -0.05) is 18.5 Å². The highest BCUT2D eigenvalue weighted by molar-refractivity contribution is 6.32. The van der Waals surface area contributed by atoms with E-state index in [2.05, 4.69) is 4.98 Å². The minimum absolute atomic E-state index is 0.569. The third kappa shape index (κ3) is 1.78. The van der Waals surface area contributed by atoms with Crippen molar-refractivity contribution in [2.75, 3.05) is 12.8 Å². The number of nitrogens with zero attached hydrogens (tertiary/aromatic N) is 1. The van der Waals surface area contributed by atoms with Crippen LogP contribution < -0.4 is 10.5 Å². The van der Waals surface area contributed by atoms with Crippen molar-refractivity contribution in [3.05, 3.63) is 28.8 Å². The van der Waals surface area contributed by atoms with Gasteiger partial charge in [-0.05, 0) is 24.1 Å². The summed E-state index contributed by atoms with van der Waals surface area (Å²) in [5.74, 6) is 1.18. The van der Waals surface area contributed by atoms with E-state index < -0.39 is 0 Å². The fourth-order valence-corrected chi connectivity index (χ4v) is 1.92. The molecule has 1 aromatic heterocycles. The van der Waals surface area contributed by atoms with Crippen LogP contribution in [0.4, 0.5) is 5.82 Å². The zero-order valence-electron chi connectivity index (χ0n) is 9.25. The summed E-state index contributed by atoms with van der Waals surface area (Å²) in [7, 11) is 1.58. The van der Waals surface area contributed by atoms with Gasteiger partial charge in [-0.15, -0.1) is 0 Å². The number of aryl methyl sites for hydroxylation is 1. The number of hydrogen-bond acceptors (Lipinski definition) is 3. The van der Waals surface area contributed by atoms with Crippen LogP contribution in [0.3, 0.4) is 0 Å². The molecule has 1 aromatic carbocycles. The minimum Gasteiger partial charge on any atom is -0.495 e. The number of aromatic nitrogens is 1. The topological polar surface area (TPSA) is 48.1 Å². The number of nitrogens with two attached hydrogens (primary N) is 1. The van der Waals surface area contributed by atoms with Crippen molar-refractivity contribution in [1.29, 1.82) is 0 Å². The third-order valence-corrected chi connectivity index (χ3v) is 2.88. The number of methoxy groups -OCH3 is 1. The molecule has 0 aliphatic carbocycles. The van der Waals surface area contributed by atoms with Crippen molar-refractivity contribution in [2.45, 2.75) is 13.3 Å². The monoisotopic (exact) mass is 236 g/mol. The van der Waals surface area contributed by atoms with Gasteiger partial charge in [-0.2, -0.15) is 0 Å². The molecule has 0 aliphatic rings. The van der Waals surface area contributed by atoms with E-state index in [-0.39, 0.29) is 0 Å². The lowest BCUT2D eigenvalue weighted by atomic mass is 10.1. The first-order valence-corrected chi connectivity index (χ1v) is 5.46. The summed E-state index contributed by atoms with van der Waals surface area (Å²) >= 11 is 6.05. The summed E-state index contributed by atoms with van der Waals surface area (Å²) in [6, 6.07) is 5.66. The SMILES string of the molecule is CCc1cc2cc(Cl)c(OC)cc2nc1N. The van der Waals surface area contributed by atoms with E-state index in [9.17, 15) is 0 Å². The highest BCUT2D eigenvalue weighted by Gasteiger charge is 2.07. The van der Waals surface area contributed by atoms with Gasteiger partial charge in [-0.3, -0.25) is 0 Å². The Kier molecular flexibility index (Phi) is 2.88. The molecule has 2 aromatic rings. The Morgan fingerprint density at radius 2 is 2.12 bits per heavy atom. The molecule has 3 nitrogen and oxygen atoms in total. The molecule has 4 heteroatoms. The van der Waals surface area contributed by atoms with Gasteiger partial charge in [0.2, 0.25) is 0 Å². The van der Waals surface area contributed by atoms with Crippen molar-refractivity contribution in [2.24, 2.45) is 0 Å². The summed E-state index contributed by atoms with van der Waals surface area (Å²) in [5.41, 5.74) is 7.68. The molecule has 84 valence electrons. The van der Waals surface area contributed by atoms with Crippen molar-refractivity contribution in [1.82, 2.24) is 4.98 Å². The molecule has 0 amide bonds. The van der Waals surface area contributed by atoms with E-state index in [1.54, 1.807) is 13.2 Å². The van der Waals surface area contributed by atoms with E-state index in [0.717, 1.165) is 22.9 Å². The molecular weight excluding hydrogens is 224 g/mol. The number of fused-ring (bicyclic) bond motifs is 1. The van der Waals surface area contributed by atoms with Crippen molar-refractivity contribution < 1.29 is 4.74 Å². The Balaban J connectivity index is 2.71. The van der Waals surface area contributed by atoms with E-state index in [1.807, 2.05) is 19.1 Å². The number of pyridine rings is 1. The molecule has 0 radical (unpaired) electrons. The maximum atomic E-state index is 6.05. The number of halogens is 1. The Morgan fingerprint density at radius 1 is 1.38 bits per heavy atom. The van der Waals surface area contributed by atoms with Crippen molar-refractivity contribution in [3.63, 3.8) is 0 Å². The Bertz CT molecular complexity index is 491. The molecule has 0 bridgehead atoms. The summed E-state index contributed by atoms with van der Waals surface area (Å²) in [5, 5.41) is 1.57. The lowest BCUT2D eigenvalue weighted by molar-refractivity contribution is 0.415. The van der Waals surface area contributed by atoms with Crippen LogP contribution in [0.15, 0.2) is 18.2 Å². The van der Waals surface area contributed by atoms with Gasteiger partial charge in [0, 0.05) is 11.5 Å². The van der Waals surface area contributed by atoms with E-state index in [0.29, 0.717) is 16.6 Å². The molecule has 0 unspecified atom stereocenters. The number of benzene rings is 1. The normalized spacial score (nSPS) is 10.7. The van der Waals surface area contributed by atoms with Crippen LogP contribution in [0, 0.1) is 0 Å². The summed E-state index contributed by atoms with van der Waals surface area (Å²) in [6.07, 6.45) is 0.860. The standard InChI is InChI=1S/C12H13ClN2O/c1-3-7-4-8-5-9(13)11(16-2)6-10(8)15-12(7)14/h4-6H,3H2,1-2H3,(H2,14,15). The Hall–Kier alpha value is -1.48. The number of nitrogen functional groups attached to an aromatic ring is 1. The summed E-state index contributed by atoms with van der Waals surface area (Å²) in [4.78, 5) is 4.34. The smallest absolute Gasteiger partial charge is 0.139 e. The molecule has 1 heterocycles. The van der Waals surface area contributed by atoms with Crippen LogP contribution >= 0.6 is 11.6 Å². The zero-order valence-corrected chi connectivity index (χ0v) is 10.0. The maximum absolute atomic E-state index is 6.05. The van der Waals surface area contributed by atoms with E-state index in [4.69, 9.17) is 22.1 Å². The average molecular weight is 237 g/mol. The van der Waals surface area contributed by atoms with Crippen LogP contribution in [0.5, 0.6) is 5.75 Å². The van der Waals surface area contributed by atoms with Gasteiger partial charge in [0.05, 0.1) is 17.6 Å². The second-order valence-electron chi connectivity index (χ2n) is 3.57. The first-order valence-electron chi connectivity index (χ1n) is 5.08. The highest BCUT2D eigenvalue weighted by Crippen LogP contribution is 2.30. The fourth-order valence-electron chi connectivity index (χ4n) is 1.67. The first-order chi connectivity index (χ1) is 7.65. The Labute approximate surface area is 99.2 Å². The van der Waals surface area contributed by atoms with Gasteiger partial charge in [0.15, 0.2) is 0 Å². The summed E-state index contributed by atoms with van der Waals surface area (Å²) < 4.78 is 5.14. The number of anilines is 1. The number of hydrogen-bond donors (Lipinski definition) is 1. The Morgan fingerprint density at radius 3 is 2.75 bits per heavy atom. The zero-order chi connectivity index (χ0) is 11.7. The molecule has 2 N–H and O–H groups in total. The van der Waals surface area contributed by atoms with Crippen LogP contribution in [-0.4, -0.2) is 12.1 Å². The maximum Gasteiger partial charge on any atom is 0.139 e. The predicted octanol–water partition coefficient (Wildman–Crippen LogP) is 3.04. The van der Waals surface area contributed by atoms with Gasteiger partial charge in [0.25, 0.3) is 0 Å². The van der Waals surface area contributed by atoms with Crippen LogP contribution in [0.2, 0.25) is 5.02 Å². The second-order valence-corrected chi connectivity index (χ2v) is 3.97. The van der Waals surface area contributed by atoms with Crippen molar-refractivity contribution >= 4 is 28.3 Å². The quantitative estimate of drug-likeness (QED) is 0.872. The van der Waals surface area contributed by atoms with Gasteiger partial charge >= 0.3 is 0 Å². The predicted molar refractivity (Wildman–Crippen MR) is 67.1 cm³/mol. The van der Waals surface area contributed by atoms with E-state index in [1.165, 1.54) is 0 Å². The highest BCUT2D eigenvalue weighted by atomic mass is 35.5. The van der Waals surface area contributed by atoms with Gasteiger partial charge in [-0.25, -0.2) is 4.98 Å². The summed E-state index contributed by atoms with van der Waals surface area (Å²) in [6.45, 7) is 2.05. The van der Waals surface area contributed by atoms with Crippen LogP contribution in [-0.2, 0) is 6.42 Å². The molecule has 0 spiro atoms. The lowest BCUT2D eigenvalue weighted by Gasteiger charge is -2.08. The van der Waals surface area contributed by atoms with Crippen molar-refractivity contribution in [3.8, 4) is 5.75 Å². The number of ether oxygens (including phenoxy) is 1. The second kappa shape index (κ2) is 4.18. The molecule has 0 atom stereocenters. The van der Waals surface area contributed by atoms with Crippen LogP contribution in [0.1, 0.15) is 12.5 Å². The molecule has 0 saturated heterocycles. The minimum atomic E-state index is 0.569.